The van der Waals surface area contributed by atoms with E-state index in [1.807, 2.05) is 11.9 Å². The number of halogens is 1. The molecule has 5 heteroatoms. The topological polar surface area (TPSA) is 44.1 Å². The molecule has 1 radical (unpaired) electrons. The number of rotatable bonds is 2. The van der Waals surface area contributed by atoms with Crippen molar-refractivity contribution >= 4 is 5.91 Å². The molecule has 0 aliphatic carbocycles. The molecule has 1 aliphatic rings. The van der Waals surface area contributed by atoms with Crippen molar-refractivity contribution in [3.8, 4) is 0 Å². The molecule has 0 aromatic rings. The number of hydrogen-bond donors (Lipinski definition) is 0. The first-order chi connectivity index (χ1) is 5.52. The largest absolute Gasteiger partial charge is 0.668 e. The average molecular weight is 262 g/mol. The van der Waals surface area contributed by atoms with Crippen LogP contribution in [-0.4, -0.2) is 36.6 Å². The fourth-order valence-electron chi connectivity index (χ4n) is 1.48. The molecular weight excluding hydrogens is 248 g/mol. The van der Waals surface area contributed by atoms with Gasteiger partial charge in [-0.3, -0.25) is 0 Å². The summed E-state index contributed by atoms with van der Waals surface area (Å²) in [5, 5.41) is 0. The van der Waals surface area contributed by atoms with E-state index >= 15 is 0 Å². The van der Waals surface area contributed by atoms with Gasteiger partial charge in [0.2, 0.25) is 0 Å². The minimum absolute atomic E-state index is 0. The van der Waals surface area contributed by atoms with Crippen molar-refractivity contribution in [2.24, 2.45) is 0 Å². The summed E-state index contributed by atoms with van der Waals surface area (Å²) in [6.07, 6.45) is 0.531. The van der Waals surface area contributed by atoms with Gasteiger partial charge in [0.15, 0.2) is 0 Å². The summed E-state index contributed by atoms with van der Waals surface area (Å²) in [4.78, 5) is 12.4. The predicted molar refractivity (Wildman–Crippen MR) is 44.5 cm³/mol. The third-order valence-electron chi connectivity index (χ3n) is 2.36. The molecule has 13 heavy (non-hydrogen) atoms. The van der Waals surface area contributed by atoms with E-state index in [2.05, 4.69) is 0 Å². The first-order valence-corrected chi connectivity index (χ1v) is 4.14. The molecule has 1 amide bonds. The van der Waals surface area contributed by atoms with Gasteiger partial charge in [0.05, 0.1) is 5.91 Å². The summed E-state index contributed by atoms with van der Waals surface area (Å²) in [6, 6.07) is 0. The number of hydrogen-bond acceptors (Lipinski definition) is 2. The van der Waals surface area contributed by atoms with E-state index in [9.17, 15) is 9.18 Å². The Morgan fingerprint density at radius 2 is 2.00 bits per heavy atom. The minimum Gasteiger partial charge on any atom is -0.668 e. The van der Waals surface area contributed by atoms with Crippen LogP contribution in [0.3, 0.4) is 0 Å². The molecule has 0 bridgehead atoms. The van der Waals surface area contributed by atoms with Crippen LogP contribution in [0.15, 0.2) is 0 Å². The van der Waals surface area contributed by atoms with Crippen LogP contribution in [0.5, 0.6) is 0 Å². The van der Waals surface area contributed by atoms with Gasteiger partial charge in [-0.15, -0.1) is 0 Å². The minimum atomic E-state index is -1.40. The standard InChI is InChI=1S/C8H15FN2O.Y/c1-11-4-2-8(9,3-5-11)6-7(10)12;/h2-6H2,1H3,(H2,10,12);/p-1. The zero-order valence-corrected chi connectivity index (χ0v) is 10.7. The number of piperidine rings is 1. The van der Waals surface area contributed by atoms with Gasteiger partial charge < -0.3 is 15.4 Å². The summed E-state index contributed by atoms with van der Waals surface area (Å²) in [6.45, 7) is 1.37. The molecular formula is C8H14FN2OY-. The normalized spacial score (nSPS) is 22.0. The molecule has 1 aliphatic heterocycles. The first kappa shape index (κ1) is 13.5. The van der Waals surface area contributed by atoms with E-state index in [0.29, 0.717) is 25.9 Å². The molecule has 1 fully saturated rings. The maximum atomic E-state index is 13.6. The zero-order valence-electron chi connectivity index (χ0n) is 7.85. The second kappa shape index (κ2) is 5.37. The molecule has 0 aromatic heterocycles. The number of nitrogens with zero attached hydrogens (tertiary/aromatic N) is 1. The van der Waals surface area contributed by atoms with Crippen LogP contribution < -0.4 is 0 Å². The predicted octanol–water partition coefficient (Wildman–Crippen LogP) is 1.39. The SMILES string of the molecule is CN1CCC(F)(CC([NH-])=O)CC1.[Y]. The van der Waals surface area contributed by atoms with Gasteiger partial charge >= 0.3 is 0 Å². The second-order valence-corrected chi connectivity index (χ2v) is 3.55. The van der Waals surface area contributed by atoms with Crippen molar-refractivity contribution in [1.29, 1.82) is 0 Å². The van der Waals surface area contributed by atoms with Crippen LogP contribution in [-0.2, 0) is 37.5 Å². The van der Waals surface area contributed by atoms with Crippen molar-refractivity contribution in [2.75, 3.05) is 20.1 Å². The van der Waals surface area contributed by atoms with Crippen LogP contribution in [0.1, 0.15) is 19.3 Å². The van der Waals surface area contributed by atoms with Crippen LogP contribution in [0.2, 0.25) is 0 Å². The van der Waals surface area contributed by atoms with Crippen LogP contribution in [0.25, 0.3) is 5.73 Å². The molecule has 1 N–H and O–H groups in total. The van der Waals surface area contributed by atoms with Gasteiger partial charge in [-0.1, -0.05) is 0 Å². The Hall–Kier alpha value is 0.464. The number of carbonyl (C=O) groups is 1. The van der Waals surface area contributed by atoms with Crippen molar-refractivity contribution in [2.45, 2.75) is 24.9 Å². The molecule has 0 atom stereocenters. The van der Waals surface area contributed by atoms with E-state index in [1.54, 1.807) is 0 Å². The third-order valence-corrected chi connectivity index (χ3v) is 2.36. The van der Waals surface area contributed by atoms with E-state index in [4.69, 9.17) is 5.73 Å². The van der Waals surface area contributed by atoms with Gasteiger partial charge in [0, 0.05) is 52.2 Å². The van der Waals surface area contributed by atoms with Crippen LogP contribution >= 0.6 is 0 Å². The fraction of sp³-hybridized carbons (Fsp3) is 0.875. The number of likely N-dealkylation sites (tertiary alicyclic amines) is 1. The van der Waals surface area contributed by atoms with Gasteiger partial charge in [-0.25, -0.2) is 4.39 Å². The van der Waals surface area contributed by atoms with E-state index < -0.39 is 11.6 Å². The number of alkyl halides is 1. The third kappa shape index (κ3) is 4.47. The zero-order chi connectivity index (χ0) is 9.19. The molecule has 1 heterocycles. The van der Waals surface area contributed by atoms with Gasteiger partial charge in [-0.2, -0.15) is 0 Å². The molecule has 1 rings (SSSR count). The summed E-state index contributed by atoms with van der Waals surface area (Å²) >= 11 is 0. The summed E-state index contributed by atoms with van der Waals surface area (Å²) < 4.78 is 13.6. The first-order valence-electron chi connectivity index (χ1n) is 4.14. The molecule has 1 saturated heterocycles. The van der Waals surface area contributed by atoms with E-state index in [0.717, 1.165) is 0 Å². The Balaban J connectivity index is 0.00000144. The Morgan fingerprint density at radius 3 is 2.38 bits per heavy atom. The maximum Gasteiger partial charge on any atom is 0.118 e. The van der Waals surface area contributed by atoms with Crippen molar-refractivity contribution in [3.05, 3.63) is 5.73 Å². The Kier molecular flexibility index (Phi) is 5.56. The summed E-state index contributed by atoms with van der Waals surface area (Å²) in [7, 11) is 1.93. The molecule has 73 valence electrons. The monoisotopic (exact) mass is 262 g/mol. The molecule has 0 aromatic carbocycles. The Morgan fingerprint density at radius 1 is 1.54 bits per heavy atom. The van der Waals surface area contributed by atoms with Gasteiger partial charge in [0.1, 0.15) is 5.67 Å². The quantitative estimate of drug-likeness (QED) is 0.754. The molecule has 0 saturated carbocycles. The maximum absolute atomic E-state index is 13.6. The van der Waals surface area contributed by atoms with Gasteiger partial charge in [0.25, 0.3) is 0 Å². The number of nitrogens with one attached hydrogen (secondary N) is 1. The van der Waals surface area contributed by atoms with Crippen molar-refractivity contribution < 1.29 is 41.9 Å². The van der Waals surface area contributed by atoms with Crippen molar-refractivity contribution in [1.82, 2.24) is 4.90 Å². The van der Waals surface area contributed by atoms with Crippen molar-refractivity contribution in [3.63, 3.8) is 0 Å². The van der Waals surface area contributed by atoms with E-state index in [-0.39, 0.29) is 39.1 Å². The average Bonchev–Trinajstić information content (AvgIpc) is 1.94. The second-order valence-electron chi connectivity index (χ2n) is 3.55. The number of carbonyl (C=O) groups excluding carboxylic acids is 1. The summed E-state index contributed by atoms with van der Waals surface area (Å²) in [5.74, 6) is -0.790. The fourth-order valence-corrected chi connectivity index (χ4v) is 1.48. The van der Waals surface area contributed by atoms with Gasteiger partial charge in [-0.05, 0) is 19.9 Å². The van der Waals surface area contributed by atoms with E-state index in [1.165, 1.54) is 0 Å². The molecule has 0 unspecified atom stereocenters. The van der Waals surface area contributed by atoms with Crippen LogP contribution in [0, 0.1) is 0 Å². The molecule has 0 spiro atoms. The Bertz CT molecular complexity index is 181. The number of amides is 1. The smallest absolute Gasteiger partial charge is 0.118 e. The summed E-state index contributed by atoms with van der Waals surface area (Å²) in [5.41, 5.74) is 5.30. The molecule has 3 nitrogen and oxygen atoms in total. The van der Waals surface area contributed by atoms with Crippen LogP contribution in [0.4, 0.5) is 4.39 Å². The Labute approximate surface area is 103 Å².